The molecule has 0 aliphatic carbocycles. The Morgan fingerprint density at radius 3 is 2.07 bits per heavy atom. The lowest BCUT2D eigenvalue weighted by Gasteiger charge is -2.12. The third-order valence-corrected chi connectivity index (χ3v) is 7.46. The number of pyridine rings is 1. The van der Waals surface area contributed by atoms with Crippen molar-refractivity contribution in [3.8, 4) is 5.75 Å². The lowest BCUT2D eigenvalue weighted by molar-refractivity contribution is -0.142. The fourth-order valence-electron chi connectivity index (χ4n) is 3.08. The molecule has 0 atom stereocenters. The quantitative estimate of drug-likeness (QED) is 0.139. The maximum absolute atomic E-state index is 12.7. The average molecular weight is 668 g/mol. The minimum absolute atomic E-state index is 0.0371. The number of ether oxygens (including phenoxy) is 5. The number of hydrogen-bond acceptors (Lipinski definition) is 11. The number of hydrogen-bond donors (Lipinski definition) is 4. The van der Waals surface area contributed by atoms with Gasteiger partial charge < -0.3 is 39.4 Å². The highest BCUT2D eigenvalue weighted by molar-refractivity contribution is 7.92. The summed E-state index contributed by atoms with van der Waals surface area (Å²) in [6.07, 6.45) is 1.21. The number of benzene rings is 1. The summed E-state index contributed by atoms with van der Waals surface area (Å²) in [5.41, 5.74) is 0.194. The first kappa shape index (κ1) is 35.9. The largest absolute Gasteiger partial charge is 0.495 e. The van der Waals surface area contributed by atoms with E-state index in [9.17, 15) is 22.8 Å². The molecule has 1 aromatic heterocycles. The van der Waals surface area contributed by atoms with Gasteiger partial charge in [0.05, 0.1) is 57.3 Å². The van der Waals surface area contributed by atoms with Crippen LogP contribution in [0.2, 0.25) is 10.0 Å². The number of aromatic nitrogens is 1. The third kappa shape index (κ3) is 13.3. The Morgan fingerprint density at radius 1 is 0.837 bits per heavy atom. The number of methoxy groups -OCH3 is 1. The number of anilines is 1. The molecule has 0 saturated carbocycles. The van der Waals surface area contributed by atoms with E-state index in [2.05, 4.69) is 20.3 Å². The number of halogens is 2. The van der Waals surface area contributed by atoms with Crippen LogP contribution in [0, 0.1) is 0 Å². The van der Waals surface area contributed by atoms with Crippen LogP contribution in [0.3, 0.4) is 0 Å². The summed E-state index contributed by atoms with van der Waals surface area (Å²) in [7, 11) is -2.75. The maximum Gasteiger partial charge on any atom is 0.329 e. The normalized spacial score (nSPS) is 11.1. The van der Waals surface area contributed by atoms with E-state index in [0.29, 0.717) is 0 Å². The molecule has 0 spiro atoms. The van der Waals surface area contributed by atoms with E-state index in [0.717, 1.165) is 0 Å². The Hall–Kier alpha value is -3.25. The van der Waals surface area contributed by atoms with Gasteiger partial charge in [0.1, 0.15) is 34.7 Å². The molecule has 43 heavy (non-hydrogen) atoms. The van der Waals surface area contributed by atoms with Gasteiger partial charge in [0.25, 0.3) is 15.9 Å². The third-order valence-electron chi connectivity index (χ3n) is 5.09. The number of carboxylic acids is 1. The summed E-state index contributed by atoms with van der Waals surface area (Å²) in [5.74, 6) is -1.65. The van der Waals surface area contributed by atoms with Gasteiger partial charge in [0.2, 0.25) is 5.91 Å². The molecule has 0 unspecified atom stereocenters. The summed E-state index contributed by atoms with van der Waals surface area (Å²) >= 11 is 12.1. The number of amides is 2. The van der Waals surface area contributed by atoms with Crippen molar-refractivity contribution in [3.05, 3.63) is 46.1 Å². The van der Waals surface area contributed by atoms with Gasteiger partial charge in [-0.05, 0) is 24.3 Å². The molecule has 18 heteroatoms. The number of carbonyl (C=O) groups excluding carboxylic acids is 2. The molecule has 2 rings (SSSR count). The second-order valence-electron chi connectivity index (χ2n) is 8.26. The summed E-state index contributed by atoms with van der Waals surface area (Å²) in [4.78, 5) is 38.0. The molecule has 0 aliphatic heterocycles. The van der Waals surface area contributed by atoms with Gasteiger partial charge in [0.15, 0.2) is 0 Å². The lowest BCUT2D eigenvalue weighted by atomic mass is 10.2. The van der Waals surface area contributed by atoms with Crippen molar-refractivity contribution in [2.45, 2.75) is 4.90 Å². The zero-order valence-electron chi connectivity index (χ0n) is 23.1. The molecule has 15 nitrogen and oxygen atoms in total. The van der Waals surface area contributed by atoms with Gasteiger partial charge in [-0.1, -0.05) is 23.2 Å². The number of aliphatic carboxylic acids is 1. The van der Waals surface area contributed by atoms with Crippen molar-refractivity contribution in [3.63, 3.8) is 0 Å². The predicted molar refractivity (Wildman–Crippen MR) is 154 cm³/mol. The molecule has 2 amide bonds. The Balaban J connectivity index is 1.57. The van der Waals surface area contributed by atoms with Crippen LogP contribution in [-0.2, 0) is 38.6 Å². The van der Waals surface area contributed by atoms with Crippen molar-refractivity contribution < 1.29 is 51.6 Å². The fraction of sp³-hybridized carbons (Fsp3) is 0.440. The summed E-state index contributed by atoms with van der Waals surface area (Å²) < 4.78 is 53.3. The lowest BCUT2D eigenvalue weighted by Crippen LogP contribution is -2.31. The molecule has 1 heterocycles. The van der Waals surface area contributed by atoms with E-state index in [1.54, 1.807) is 0 Å². The molecule has 4 N–H and O–H groups in total. The molecular weight excluding hydrogens is 635 g/mol. The molecule has 0 saturated heterocycles. The molecule has 238 valence electrons. The first-order chi connectivity index (χ1) is 20.5. The van der Waals surface area contributed by atoms with Crippen LogP contribution in [0.15, 0.2) is 35.4 Å². The van der Waals surface area contributed by atoms with Gasteiger partial charge in [-0.15, -0.1) is 0 Å². The van der Waals surface area contributed by atoms with Crippen molar-refractivity contribution in [1.29, 1.82) is 0 Å². The van der Waals surface area contributed by atoms with Crippen LogP contribution in [0.25, 0.3) is 0 Å². The number of carbonyl (C=O) groups is 3. The van der Waals surface area contributed by atoms with Gasteiger partial charge in [-0.25, -0.2) is 18.2 Å². The van der Waals surface area contributed by atoms with Crippen LogP contribution in [0.4, 0.5) is 5.82 Å². The summed E-state index contributed by atoms with van der Waals surface area (Å²) in [5, 5.41) is 13.4. The van der Waals surface area contributed by atoms with Crippen LogP contribution >= 0.6 is 23.2 Å². The van der Waals surface area contributed by atoms with Crippen molar-refractivity contribution >= 4 is 56.8 Å². The van der Waals surface area contributed by atoms with Crippen LogP contribution in [0.5, 0.6) is 5.75 Å². The van der Waals surface area contributed by atoms with Gasteiger partial charge in [0, 0.05) is 19.3 Å². The SMILES string of the molecule is COc1ccc(S(=O)(=O)Nc2ccc(C(=O)NCCOCCOCC(=O)NCCOCCOCC(=O)O)cn2)c(Cl)c1Cl. The van der Waals surface area contributed by atoms with Crippen molar-refractivity contribution in [2.24, 2.45) is 0 Å². The zero-order chi connectivity index (χ0) is 31.7. The van der Waals surface area contributed by atoms with Crippen molar-refractivity contribution in [2.75, 3.05) is 77.8 Å². The van der Waals surface area contributed by atoms with Crippen LogP contribution in [0.1, 0.15) is 10.4 Å². The minimum Gasteiger partial charge on any atom is -0.495 e. The highest BCUT2D eigenvalue weighted by Crippen LogP contribution is 2.37. The second-order valence-corrected chi connectivity index (χ2v) is 10.7. The second kappa shape index (κ2) is 19.1. The van der Waals surface area contributed by atoms with Crippen molar-refractivity contribution in [1.82, 2.24) is 15.6 Å². The van der Waals surface area contributed by atoms with Crippen LogP contribution < -0.4 is 20.1 Å². The molecule has 2 aromatic rings. The Bertz CT molecular complexity index is 1320. The molecular formula is C25H32Cl2N4O11S. The topological polar surface area (TPSA) is 201 Å². The Kier molecular flexibility index (Phi) is 16.0. The first-order valence-electron chi connectivity index (χ1n) is 12.6. The van der Waals surface area contributed by atoms with Gasteiger partial charge >= 0.3 is 5.97 Å². The molecule has 0 aliphatic rings. The summed E-state index contributed by atoms with van der Waals surface area (Å²) in [6.45, 7) is 1.03. The Morgan fingerprint density at radius 2 is 1.47 bits per heavy atom. The predicted octanol–water partition coefficient (Wildman–Crippen LogP) is 1.19. The zero-order valence-corrected chi connectivity index (χ0v) is 25.4. The molecule has 0 bridgehead atoms. The van der Waals surface area contributed by atoms with Crippen LogP contribution in [-0.4, -0.2) is 109 Å². The smallest absolute Gasteiger partial charge is 0.329 e. The molecule has 0 radical (unpaired) electrons. The number of nitrogens with one attached hydrogen (secondary N) is 3. The molecule has 0 fully saturated rings. The number of carboxylic acid groups (broad SMARTS) is 1. The standard InChI is InChI=1S/C25H32Cl2N4O11S/c1-38-18-3-4-19(24(27)23(18)26)43(36,37)31-20-5-2-17(14-30-20)25(35)29-7-9-40-10-12-41-15-21(32)28-6-8-39-11-13-42-16-22(33)34/h2-5,14H,6-13,15-16H2,1H3,(H,28,32)(H,29,35)(H,30,31)(H,33,34). The van der Waals surface area contributed by atoms with E-state index >= 15 is 0 Å². The van der Waals surface area contributed by atoms with Gasteiger partial charge in [-0.2, -0.15) is 0 Å². The van der Waals surface area contributed by atoms with Gasteiger partial charge in [-0.3, -0.25) is 14.3 Å². The van der Waals surface area contributed by atoms with E-state index in [-0.39, 0.29) is 104 Å². The maximum atomic E-state index is 12.7. The highest BCUT2D eigenvalue weighted by atomic mass is 35.5. The first-order valence-corrected chi connectivity index (χ1v) is 14.9. The van der Waals surface area contributed by atoms with E-state index in [1.165, 1.54) is 37.6 Å². The summed E-state index contributed by atoms with van der Waals surface area (Å²) in [6, 6.07) is 5.33. The monoisotopic (exact) mass is 666 g/mol. The number of nitrogens with zero attached hydrogens (tertiary/aromatic N) is 1. The number of rotatable bonds is 21. The van der Waals surface area contributed by atoms with E-state index in [1.807, 2.05) is 0 Å². The minimum atomic E-state index is -4.12. The number of sulfonamides is 1. The van der Waals surface area contributed by atoms with E-state index < -0.39 is 21.9 Å². The van der Waals surface area contributed by atoms with E-state index in [4.69, 9.17) is 52.0 Å². The average Bonchev–Trinajstić information content (AvgIpc) is 2.97. The highest BCUT2D eigenvalue weighted by Gasteiger charge is 2.22. The fourth-order valence-corrected chi connectivity index (χ4v) is 4.93. The Labute approximate surface area is 258 Å². The molecule has 1 aromatic carbocycles.